The summed E-state index contributed by atoms with van der Waals surface area (Å²) in [6, 6.07) is 13.0. The molecule has 0 spiro atoms. The quantitative estimate of drug-likeness (QED) is 0.833. The number of nitrogens with one attached hydrogen (secondary N) is 1. The largest absolute Gasteiger partial charge is 0.343 e. The zero-order chi connectivity index (χ0) is 20.1. The molecular formula is C21H22FN3O3. The molecule has 6 nitrogen and oxygen atoms in total. The van der Waals surface area contributed by atoms with Crippen LogP contribution in [0.5, 0.6) is 0 Å². The van der Waals surface area contributed by atoms with Gasteiger partial charge in [0.25, 0.3) is 5.91 Å². The molecule has 1 heterocycles. The minimum atomic E-state index is -0.382. The van der Waals surface area contributed by atoms with Crippen LogP contribution in [0.15, 0.2) is 48.5 Å². The molecule has 0 unspecified atom stereocenters. The zero-order valence-electron chi connectivity index (χ0n) is 15.7. The van der Waals surface area contributed by atoms with Gasteiger partial charge in [-0.1, -0.05) is 18.2 Å². The molecule has 0 bridgehead atoms. The number of carbonyl (C=O) groups excluding carboxylic acids is 3. The number of likely N-dealkylation sites (N-methyl/N-ethyl adjacent to an activating group) is 1. The highest BCUT2D eigenvalue weighted by atomic mass is 19.1. The molecule has 2 aromatic carbocycles. The molecule has 3 rings (SSSR count). The molecule has 7 heteroatoms. The lowest BCUT2D eigenvalue weighted by molar-refractivity contribution is -0.129. The summed E-state index contributed by atoms with van der Waals surface area (Å²) in [6.07, 6.45) is 1.38. The Labute approximate surface area is 162 Å². The molecular weight excluding hydrogens is 361 g/mol. The van der Waals surface area contributed by atoms with Crippen LogP contribution >= 0.6 is 0 Å². The molecule has 1 aliphatic rings. The van der Waals surface area contributed by atoms with Crippen molar-refractivity contribution in [1.29, 1.82) is 0 Å². The Kier molecular flexibility index (Phi) is 6.03. The van der Waals surface area contributed by atoms with Gasteiger partial charge in [0.15, 0.2) is 0 Å². The van der Waals surface area contributed by atoms with Gasteiger partial charge in [0.1, 0.15) is 5.82 Å². The first-order valence-electron chi connectivity index (χ1n) is 9.11. The van der Waals surface area contributed by atoms with E-state index in [2.05, 4.69) is 5.32 Å². The van der Waals surface area contributed by atoms with Crippen molar-refractivity contribution in [2.75, 3.05) is 25.0 Å². The van der Waals surface area contributed by atoms with Gasteiger partial charge >= 0.3 is 0 Å². The fourth-order valence-corrected chi connectivity index (χ4v) is 3.08. The van der Waals surface area contributed by atoms with Crippen LogP contribution in [-0.4, -0.2) is 42.8 Å². The monoisotopic (exact) mass is 383 g/mol. The number of hydrogen-bond acceptors (Lipinski definition) is 3. The summed E-state index contributed by atoms with van der Waals surface area (Å²) in [6.45, 7) is 0.628. The van der Waals surface area contributed by atoms with Crippen molar-refractivity contribution in [3.8, 4) is 0 Å². The number of anilines is 1. The Hall–Kier alpha value is -3.22. The third-order valence-corrected chi connectivity index (χ3v) is 4.71. The van der Waals surface area contributed by atoms with Crippen LogP contribution in [-0.2, 0) is 16.1 Å². The summed E-state index contributed by atoms with van der Waals surface area (Å²) in [4.78, 5) is 39.3. The van der Waals surface area contributed by atoms with E-state index in [1.165, 1.54) is 11.0 Å². The van der Waals surface area contributed by atoms with E-state index in [1.807, 2.05) is 0 Å². The lowest BCUT2D eigenvalue weighted by Gasteiger charge is -2.18. The Bertz CT molecular complexity index is 883. The molecule has 1 N–H and O–H groups in total. The van der Waals surface area contributed by atoms with Crippen molar-refractivity contribution in [3.05, 3.63) is 65.5 Å². The van der Waals surface area contributed by atoms with Gasteiger partial charge in [-0.3, -0.25) is 14.4 Å². The summed E-state index contributed by atoms with van der Waals surface area (Å²) in [5.74, 6) is -0.994. The first-order chi connectivity index (χ1) is 13.5. The van der Waals surface area contributed by atoms with E-state index in [4.69, 9.17) is 0 Å². The van der Waals surface area contributed by atoms with Crippen molar-refractivity contribution in [1.82, 2.24) is 10.2 Å². The average molecular weight is 383 g/mol. The van der Waals surface area contributed by atoms with Crippen LogP contribution < -0.4 is 10.2 Å². The normalized spacial score (nSPS) is 13.5. The van der Waals surface area contributed by atoms with Gasteiger partial charge in [-0.15, -0.1) is 0 Å². The highest BCUT2D eigenvalue weighted by Crippen LogP contribution is 2.21. The highest BCUT2D eigenvalue weighted by Gasteiger charge is 2.21. The van der Waals surface area contributed by atoms with Crippen molar-refractivity contribution in [2.45, 2.75) is 19.4 Å². The summed E-state index contributed by atoms with van der Waals surface area (Å²) in [5, 5.41) is 2.57. The van der Waals surface area contributed by atoms with E-state index in [-0.39, 0.29) is 36.6 Å². The third kappa shape index (κ3) is 4.54. The van der Waals surface area contributed by atoms with Gasteiger partial charge in [-0.2, -0.15) is 0 Å². The van der Waals surface area contributed by atoms with Gasteiger partial charge in [-0.05, 0) is 36.8 Å². The topological polar surface area (TPSA) is 69.7 Å². The lowest BCUT2D eigenvalue weighted by atomic mass is 10.2. The second-order valence-electron chi connectivity index (χ2n) is 6.72. The number of nitrogens with zero attached hydrogens (tertiary/aromatic N) is 2. The first-order valence-corrected chi connectivity index (χ1v) is 9.11. The molecule has 0 aromatic heterocycles. The van der Waals surface area contributed by atoms with Crippen LogP contribution in [0.25, 0.3) is 0 Å². The van der Waals surface area contributed by atoms with E-state index in [0.29, 0.717) is 24.1 Å². The third-order valence-electron chi connectivity index (χ3n) is 4.71. The van der Waals surface area contributed by atoms with E-state index in [1.54, 1.807) is 54.4 Å². The molecule has 0 radical (unpaired) electrons. The van der Waals surface area contributed by atoms with Crippen LogP contribution in [0.1, 0.15) is 28.8 Å². The first kappa shape index (κ1) is 19.5. The fourth-order valence-electron chi connectivity index (χ4n) is 3.08. The molecule has 0 atom stereocenters. The number of hydrogen-bond donors (Lipinski definition) is 1. The molecule has 28 heavy (non-hydrogen) atoms. The minimum absolute atomic E-state index is 0.0840. The number of carbonyl (C=O) groups is 3. The van der Waals surface area contributed by atoms with Crippen molar-refractivity contribution < 1.29 is 18.8 Å². The molecule has 1 fully saturated rings. The van der Waals surface area contributed by atoms with Gasteiger partial charge in [0.2, 0.25) is 11.8 Å². The number of rotatable bonds is 6. The SMILES string of the molecule is CN(Cc1ccccc1F)C(=O)CNC(=O)c1ccc(N2CCCC2=O)cc1. The average Bonchev–Trinajstić information content (AvgIpc) is 3.13. The summed E-state index contributed by atoms with van der Waals surface area (Å²) >= 11 is 0. The minimum Gasteiger partial charge on any atom is -0.343 e. The maximum absolute atomic E-state index is 13.7. The fraction of sp³-hybridized carbons (Fsp3) is 0.286. The number of halogens is 1. The summed E-state index contributed by atoms with van der Waals surface area (Å²) in [7, 11) is 1.56. The highest BCUT2D eigenvalue weighted by molar-refractivity contribution is 5.98. The van der Waals surface area contributed by atoms with Crippen molar-refractivity contribution in [2.24, 2.45) is 0 Å². The van der Waals surface area contributed by atoms with Gasteiger partial charge in [-0.25, -0.2) is 4.39 Å². The number of benzene rings is 2. The predicted molar refractivity (Wildman–Crippen MR) is 103 cm³/mol. The van der Waals surface area contributed by atoms with Gasteiger partial charge < -0.3 is 15.1 Å². The van der Waals surface area contributed by atoms with Crippen LogP contribution in [0.2, 0.25) is 0 Å². The van der Waals surface area contributed by atoms with Crippen LogP contribution in [0, 0.1) is 5.82 Å². The Morgan fingerprint density at radius 2 is 1.86 bits per heavy atom. The Balaban J connectivity index is 1.52. The maximum atomic E-state index is 13.7. The Morgan fingerprint density at radius 3 is 2.50 bits per heavy atom. The van der Waals surface area contributed by atoms with Gasteiger partial charge in [0.05, 0.1) is 6.54 Å². The molecule has 2 aromatic rings. The van der Waals surface area contributed by atoms with E-state index in [0.717, 1.165) is 12.1 Å². The second-order valence-corrected chi connectivity index (χ2v) is 6.72. The molecule has 0 aliphatic carbocycles. The molecule has 3 amide bonds. The van der Waals surface area contributed by atoms with E-state index < -0.39 is 0 Å². The van der Waals surface area contributed by atoms with E-state index in [9.17, 15) is 18.8 Å². The summed E-state index contributed by atoms with van der Waals surface area (Å²) in [5.41, 5.74) is 1.58. The van der Waals surface area contributed by atoms with Crippen LogP contribution in [0.4, 0.5) is 10.1 Å². The second kappa shape index (κ2) is 8.65. The van der Waals surface area contributed by atoms with Gasteiger partial charge in [0, 0.05) is 43.4 Å². The van der Waals surface area contributed by atoms with Crippen molar-refractivity contribution in [3.63, 3.8) is 0 Å². The Morgan fingerprint density at radius 1 is 1.14 bits per heavy atom. The smallest absolute Gasteiger partial charge is 0.251 e. The predicted octanol–water partition coefficient (Wildman–Crippen LogP) is 2.34. The zero-order valence-corrected chi connectivity index (χ0v) is 15.7. The lowest BCUT2D eigenvalue weighted by Crippen LogP contribution is -2.38. The molecule has 1 aliphatic heterocycles. The van der Waals surface area contributed by atoms with E-state index >= 15 is 0 Å². The molecule has 1 saturated heterocycles. The number of amides is 3. The molecule has 0 saturated carbocycles. The summed E-state index contributed by atoms with van der Waals surface area (Å²) < 4.78 is 13.7. The van der Waals surface area contributed by atoms with Crippen LogP contribution in [0.3, 0.4) is 0 Å². The van der Waals surface area contributed by atoms with Crippen molar-refractivity contribution >= 4 is 23.4 Å². The molecule has 146 valence electrons. The maximum Gasteiger partial charge on any atom is 0.251 e. The standard InChI is InChI=1S/C21H22FN3O3/c1-24(14-16-5-2-3-6-18(16)22)20(27)13-23-21(28)15-8-10-17(11-9-15)25-12-4-7-19(25)26/h2-3,5-6,8-11H,4,7,12-14H2,1H3,(H,23,28).